The summed E-state index contributed by atoms with van der Waals surface area (Å²) in [6, 6.07) is 0. The molecule has 0 heterocycles. The van der Waals surface area contributed by atoms with E-state index in [2.05, 4.69) is 0 Å². The zero-order valence-electron chi connectivity index (χ0n) is 17.1. The molecule has 28 heteroatoms. The molecule has 0 aliphatic heterocycles. The van der Waals surface area contributed by atoms with Crippen LogP contribution in [-0.2, 0) is 0 Å². The molecule has 0 bridgehead atoms. The van der Waals surface area contributed by atoms with Crippen LogP contribution in [0, 0.1) is 0 Å². The van der Waals surface area contributed by atoms with E-state index in [1.165, 1.54) is 0 Å². The van der Waals surface area contributed by atoms with Gasteiger partial charge in [-0.25, -0.2) is 4.39 Å². The Labute approximate surface area is 217 Å². The molecule has 0 radical (unpaired) electrons. The molecule has 0 aromatic carbocycles. The van der Waals surface area contributed by atoms with E-state index in [-0.39, 0.29) is 0 Å². The van der Waals surface area contributed by atoms with E-state index >= 15 is 0 Å². The number of halogens is 28. The predicted molar refractivity (Wildman–Crippen MR) is 79.4 cm³/mol. The highest BCUT2D eigenvalue weighted by Crippen LogP contribution is 2.68. The van der Waals surface area contributed by atoms with Crippen LogP contribution >= 0.6 is 22.6 Å². The third-order valence-corrected chi connectivity index (χ3v) is 5.94. The van der Waals surface area contributed by atoms with E-state index in [1.54, 1.807) is 0 Å². The summed E-state index contributed by atoms with van der Waals surface area (Å²) in [4.78, 5) is 0. The largest absolute Gasteiger partial charge is 0.460 e. The second-order valence-corrected chi connectivity index (χ2v) is 8.80. The molecule has 0 saturated carbocycles. The summed E-state index contributed by atoms with van der Waals surface area (Å²) in [6.45, 7) is 0. The van der Waals surface area contributed by atoms with Gasteiger partial charge in [0.15, 0.2) is 0 Å². The van der Waals surface area contributed by atoms with Gasteiger partial charge in [0.05, 0.1) is 0 Å². The minimum Gasteiger partial charge on any atom is -0.215 e. The molecule has 0 N–H and O–H groups in total. The number of rotatable bonds is 10. The van der Waals surface area contributed by atoms with Crippen molar-refractivity contribution in [2.75, 3.05) is 0 Å². The lowest BCUT2D eigenvalue weighted by Crippen LogP contribution is -2.78. The van der Waals surface area contributed by atoms with Gasteiger partial charge in [0, 0.05) is 0 Å². The molecular weight excluding hydrogens is 796 g/mol. The molecule has 0 amide bonds. The maximum Gasteiger partial charge on any atom is 0.460 e. The van der Waals surface area contributed by atoms with Crippen LogP contribution < -0.4 is 0 Å². The van der Waals surface area contributed by atoms with Crippen LogP contribution in [0.5, 0.6) is 0 Å². The van der Waals surface area contributed by atoms with Gasteiger partial charge in [-0.15, -0.1) is 0 Å². The molecule has 0 spiro atoms. The lowest BCUT2D eigenvalue weighted by molar-refractivity contribution is -0.480. The molecule has 248 valence electrons. The molecule has 0 nitrogen and oxygen atoms in total. The molecule has 0 aliphatic carbocycles. The summed E-state index contributed by atoms with van der Waals surface area (Å²) in [7, 11) is 0. The molecule has 0 fully saturated rings. The normalized spacial score (nSPS) is 18.4. The van der Waals surface area contributed by atoms with Crippen molar-refractivity contribution >= 4 is 22.6 Å². The lowest BCUT2D eigenvalue weighted by Gasteiger charge is -2.46. The average Bonchev–Trinajstić information content (AvgIpc) is 2.70. The summed E-state index contributed by atoms with van der Waals surface area (Å²) in [5.41, 5.74) is 0. The van der Waals surface area contributed by atoms with Crippen molar-refractivity contribution in [1.29, 1.82) is 0 Å². The fourth-order valence-electron chi connectivity index (χ4n) is 2.13. The Hall–Kier alpha value is -1.16. The quantitative estimate of drug-likeness (QED) is 0.118. The molecule has 0 aromatic rings. The van der Waals surface area contributed by atoms with Gasteiger partial charge >= 0.3 is 75.3 Å². The third kappa shape index (κ3) is 4.62. The first kappa shape index (κ1) is 39.8. The van der Waals surface area contributed by atoms with E-state index in [4.69, 9.17) is 0 Å². The fourth-order valence-corrected chi connectivity index (χ4v) is 2.47. The second-order valence-electron chi connectivity index (χ2n) is 7.31. The summed E-state index contributed by atoms with van der Waals surface area (Å²) >= 11 is -1.60. The Balaban J connectivity index is 7.41. The van der Waals surface area contributed by atoms with Crippen molar-refractivity contribution in [3.63, 3.8) is 0 Å². The van der Waals surface area contributed by atoms with Crippen LogP contribution in [0.4, 0.5) is 119 Å². The number of alkyl halides is 28. The minimum absolute atomic E-state index is 1.60. The lowest BCUT2D eigenvalue weighted by atomic mass is 9.84. The van der Waals surface area contributed by atoms with Gasteiger partial charge in [-0.3, -0.25) is 0 Å². The smallest absolute Gasteiger partial charge is 0.215 e. The van der Waals surface area contributed by atoms with Gasteiger partial charge in [0.2, 0.25) is 0 Å². The Kier molecular flexibility index (Phi) is 9.15. The Morgan fingerprint density at radius 2 is 0.341 bits per heavy atom. The molecule has 0 rings (SSSR count). The molecule has 1 atom stereocenters. The van der Waals surface area contributed by atoms with Crippen molar-refractivity contribution < 1.29 is 119 Å². The van der Waals surface area contributed by atoms with E-state index in [9.17, 15) is 119 Å². The van der Waals surface area contributed by atoms with Gasteiger partial charge < -0.3 is 0 Å². The highest BCUT2D eigenvalue weighted by molar-refractivity contribution is 14.1. The third-order valence-electron chi connectivity index (χ3n) is 4.66. The van der Waals surface area contributed by atoms with Crippen molar-refractivity contribution in [3.05, 3.63) is 0 Å². The molecule has 0 aliphatic rings. The first-order valence-electron chi connectivity index (χ1n) is 8.29. The SMILES string of the molecule is FC(F)(F)C(F)(F)C(F)(F)C(F)(F)C(F)(F)C(F)(F)C(F)(F)C(F)(F)C(F)(F)C(F)(F)C(F)(F)C(F)(I)C(F)(F)F. The zero-order chi connectivity index (χ0) is 34.5. The summed E-state index contributed by atoms with van der Waals surface area (Å²) in [5, 5.41) is 0. The first-order chi connectivity index (χ1) is 17.0. The molecule has 0 saturated heterocycles. The van der Waals surface area contributed by atoms with E-state index in [0.717, 1.165) is 0 Å². The average molecular weight is 796 g/mol. The standard InChI is InChI=1S/C13F27I/c14-1(15,2(16,17)4(20,21)6(24,25)8(28,29)10(32,33)12(35,36)37)3(18,19)5(22,23)7(26,27)9(30,31)11(34,41)13(38,39)40. The van der Waals surface area contributed by atoms with Crippen LogP contribution in [0.25, 0.3) is 0 Å². The topological polar surface area (TPSA) is 0 Å². The van der Waals surface area contributed by atoms with Crippen LogP contribution in [0.3, 0.4) is 0 Å². The van der Waals surface area contributed by atoms with Gasteiger partial charge in [-0.1, -0.05) is 0 Å². The predicted octanol–water partition coefficient (Wildman–Crippen LogP) is 9.56. The first-order valence-corrected chi connectivity index (χ1v) is 9.37. The Morgan fingerprint density at radius 3 is 0.488 bits per heavy atom. The molecular formula is C13F27I. The zero-order valence-corrected chi connectivity index (χ0v) is 19.2. The van der Waals surface area contributed by atoms with Gasteiger partial charge in [0.25, 0.3) is 0 Å². The summed E-state index contributed by atoms with van der Waals surface area (Å²) in [6.07, 6.45) is -15.8. The van der Waals surface area contributed by atoms with Crippen molar-refractivity contribution in [3.8, 4) is 0 Å². The van der Waals surface area contributed by atoms with Crippen molar-refractivity contribution in [2.45, 2.75) is 75.3 Å². The molecule has 41 heavy (non-hydrogen) atoms. The maximum absolute atomic E-state index is 13.5. The molecule has 1 unspecified atom stereocenters. The van der Waals surface area contributed by atoms with Gasteiger partial charge in [0.1, 0.15) is 0 Å². The summed E-state index contributed by atoms with van der Waals surface area (Å²) < 4.78 is 345. The number of hydrogen-bond donors (Lipinski definition) is 0. The minimum atomic E-state index is -9.71. The molecule has 0 aromatic heterocycles. The van der Waals surface area contributed by atoms with Crippen molar-refractivity contribution in [1.82, 2.24) is 0 Å². The summed E-state index contributed by atoms with van der Waals surface area (Å²) in [5.74, 6) is -93.0. The Morgan fingerprint density at radius 1 is 0.195 bits per heavy atom. The second kappa shape index (κ2) is 9.42. The van der Waals surface area contributed by atoms with E-state index in [1.807, 2.05) is 0 Å². The maximum atomic E-state index is 13.5. The highest BCUT2D eigenvalue weighted by atomic mass is 127. The van der Waals surface area contributed by atoms with Crippen LogP contribution in [-0.4, -0.2) is 75.3 Å². The van der Waals surface area contributed by atoms with Crippen LogP contribution in [0.15, 0.2) is 0 Å². The Bertz CT molecular complexity index is 885. The van der Waals surface area contributed by atoms with Crippen LogP contribution in [0.1, 0.15) is 0 Å². The van der Waals surface area contributed by atoms with Gasteiger partial charge in [-0.2, -0.15) is 114 Å². The van der Waals surface area contributed by atoms with Crippen molar-refractivity contribution in [2.24, 2.45) is 0 Å². The number of hydrogen-bond acceptors (Lipinski definition) is 0. The fraction of sp³-hybridized carbons (Fsp3) is 1.00. The van der Waals surface area contributed by atoms with E-state index in [0.29, 0.717) is 0 Å². The van der Waals surface area contributed by atoms with Crippen LogP contribution in [0.2, 0.25) is 0 Å². The van der Waals surface area contributed by atoms with Gasteiger partial charge in [-0.05, 0) is 22.6 Å². The monoisotopic (exact) mass is 796 g/mol. The highest BCUT2D eigenvalue weighted by Gasteiger charge is 3.00. The van der Waals surface area contributed by atoms with E-state index < -0.39 is 97.8 Å².